The summed E-state index contributed by atoms with van der Waals surface area (Å²) in [6, 6.07) is 9.85. The van der Waals surface area contributed by atoms with E-state index in [1.165, 1.54) is 0 Å². The van der Waals surface area contributed by atoms with Gasteiger partial charge in [-0.3, -0.25) is 9.69 Å². The van der Waals surface area contributed by atoms with Crippen molar-refractivity contribution < 1.29 is 13.9 Å². The minimum absolute atomic E-state index is 0.0601. The lowest BCUT2D eigenvalue weighted by molar-refractivity contribution is -0.117. The van der Waals surface area contributed by atoms with Crippen molar-refractivity contribution in [3.8, 4) is 0 Å². The maximum absolute atomic E-state index is 12.5. The molecule has 0 aliphatic carbocycles. The minimum atomic E-state index is -0.167. The summed E-state index contributed by atoms with van der Waals surface area (Å²) in [5.74, 6) is 0.803. The smallest absolute Gasteiger partial charge is 0.233 e. The Morgan fingerprint density at radius 1 is 1.28 bits per heavy atom. The minimum Gasteiger partial charge on any atom is -0.468 e. The number of nitrogens with zero attached hydrogens (tertiary/aromatic N) is 1. The molecule has 3 heterocycles. The van der Waals surface area contributed by atoms with Crippen molar-refractivity contribution in [2.24, 2.45) is 0 Å². The molecule has 1 saturated heterocycles. The van der Waals surface area contributed by atoms with Crippen molar-refractivity contribution in [3.05, 3.63) is 52.4 Å². The standard InChI is InChI=1S/C19H21BrN2O3/c20-13-5-6-16-17(19(23)21-18(16)9-13)12-22(10-14-3-1-7-24-14)11-15-4-2-8-25-15/h1,3,5-7,9,15,17H,2,4,8,10-12H2,(H,21,23)/t15-,17-/m0/s1. The normalized spacial score (nSPS) is 22.4. The summed E-state index contributed by atoms with van der Waals surface area (Å²) in [7, 11) is 0. The lowest BCUT2D eigenvalue weighted by Gasteiger charge is -2.26. The van der Waals surface area contributed by atoms with Crippen LogP contribution in [0.1, 0.15) is 30.1 Å². The van der Waals surface area contributed by atoms with Crippen LogP contribution in [0.3, 0.4) is 0 Å². The topological polar surface area (TPSA) is 54.7 Å². The van der Waals surface area contributed by atoms with Crippen LogP contribution < -0.4 is 5.32 Å². The zero-order valence-corrected chi connectivity index (χ0v) is 15.5. The first-order valence-electron chi connectivity index (χ1n) is 8.66. The highest BCUT2D eigenvalue weighted by molar-refractivity contribution is 9.10. The van der Waals surface area contributed by atoms with Gasteiger partial charge >= 0.3 is 0 Å². The number of ether oxygens (including phenoxy) is 1. The van der Waals surface area contributed by atoms with Gasteiger partial charge in [0.2, 0.25) is 5.91 Å². The maximum Gasteiger partial charge on any atom is 0.233 e. The van der Waals surface area contributed by atoms with Crippen LogP contribution in [0.2, 0.25) is 0 Å². The Balaban J connectivity index is 1.52. The molecule has 1 aromatic heterocycles. The lowest BCUT2D eigenvalue weighted by Crippen LogP contribution is -2.36. The Morgan fingerprint density at radius 2 is 2.20 bits per heavy atom. The van der Waals surface area contributed by atoms with E-state index in [2.05, 4.69) is 26.1 Å². The third-order valence-corrected chi connectivity index (χ3v) is 5.34. The number of anilines is 1. The predicted molar refractivity (Wildman–Crippen MR) is 98.5 cm³/mol. The van der Waals surface area contributed by atoms with Crippen molar-refractivity contribution in [2.45, 2.75) is 31.4 Å². The van der Waals surface area contributed by atoms with Crippen LogP contribution in [0, 0.1) is 0 Å². The van der Waals surface area contributed by atoms with Gasteiger partial charge in [0, 0.05) is 29.9 Å². The highest BCUT2D eigenvalue weighted by Gasteiger charge is 2.33. The van der Waals surface area contributed by atoms with Gasteiger partial charge in [0.05, 0.1) is 24.8 Å². The molecule has 0 unspecified atom stereocenters. The van der Waals surface area contributed by atoms with E-state index in [9.17, 15) is 4.79 Å². The number of rotatable bonds is 6. The van der Waals surface area contributed by atoms with Crippen LogP contribution in [0.5, 0.6) is 0 Å². The molecule has 1 fully saturated rings. The van der Waals surface area contributed by atoms with E-state index in [1.807, 2.05) is 30.3 Å². The molecule has 0 radical (unpaired) electrons. The molecule has 6 heteroatoms. The Bertz CT molecular complexity index is 741. The molecular weight excluding hydrogens is 384 g/mol. The van der Waals surface area contributed by atoms with Gasteiger partial charge in [-0.2, -0.15) is 0 Å². The molecule has 2 aliphatic heterocycles. The fourth-order valence-electron chi connectivity index (χ4n) is 3.64. The monoisotopic (exact) mass is 404 g/mol. The number of hydrogen-bond donors (Lipinski definition) is 1. The maximum atomic E-state index is 12.5. The molecule has 1 N–H and O–H groups in total. The molecule has 0 spiro atoms. The summed E-state index contributed by atoms with van der Waals surface area (Å²) in [5.41, 5.74) is 1.96. The predicted octanol–water partition coefficient (Wildman–Crippen LogP) is 3.76. The van der Waals surface area contributed by atoms with Crippen LogP contribution in [-0.4, -0.2) is 36.6 Å². The van der Waals surface area contributed by atoms with Crippen molar-refractivity contribution in [1.29, 1.82) is 0 Å². The molecule has 5 nitrogen and oxygen atoms in total. The third kappa shape index (κ3) is 3.81. The van der Waals surface area contributed by atoms with E-state index in [-0.39, 0.29) is 17.9 Å². The third-order valence-electron chi connectivity index (χ3n) is 4.85. The Hall–Kier alpha value is -1.63. The van der Waals surface area contributed by atoms with Crippen LogP contribution in [0.4, 0.5) is 5.69 Å². The summed E-state index contributed by atoms with van der Waals surface area (Å²) >= 11 is 3.46. The Morgan fingerprint density at radius 3 is 2.96 bits per heavy atom. The molecule has 0 saturated carbocycles. The van der Waals surface area contributed by atoms with Crippen LogP contribution >= 0.6 is 15.9 Å². The summed E-state index contributed by atoms with van der Waals surface area (Å²) in [4.78, 5) is 14.8. The summed E-state index contributed by atoms with van der Waals surface area (Å²) < 4.78 is 12.3. The van der Waals surface area contributed by atoms with E-state index >= 15 is 0 Å². The van der Waals surface area contributed by atoms with Gasteiger partial charge in [-0.05, 0) is 42.7 Å². The number of furan rings is 1. The van der Waals surface area contributed by atoms with E-state index < -0.39 is 0 Å². The first-order valence-corrected chi connectivity index (χ1v) is 9.45. The average molecular weight is 405 g/mol. The zero-order valence-electron chi connectivity index (χ0n) is 13.9. The number of nitrogens with one attached hydrogen (secondary N) is 1. The number of fused-ring (bicyclic) bond motifs is 1. The van der Waals surface area contributed by atoms with Crippen molar-refractivity contribution in [2.75, 3.05) is 25.0 Å². The second-order valence-electron chi connectivity index (χ2n) is 6.68. The van der Waals surface area contributed by atoms with Crippen LogP contribution in [0.25, 0.3) is 0 Å². The fraction of sp³-hybridized carbons (Fsp3) is 0.421. The van der Waals surface area contributed by atoms with Gasteiger partial charge in [0.1, 0.15) is 5.76 Å². The molecule has 0 bridgehead atoms. The quantitative estimate of drug-likeness (QED) is 0.795. The largest absolute Gasteiger partial charge is 0.468 e. The SMILES string of the molecule is O=C1Nc2cc(Br)ccc2[C@@H]1CN(Cc1ccco1)C[C@@H]1CCCO1. The van der Waals surface area contributed by atoms with E-state index in [1.54, 1.807) is 6.26 Å². The molecule has 132 valence electrons. The number of hydrogen-bond acceptors (Lipinski definition) is 4. The molecule has 25 heavy (non-hydrogen) atoms. The summed E-state index contributed by atoms with van der Waals surface area (Å²) in [5, 5.41) is 3.00. The van der Waals surface area contributed by atoms with Gasteiger partial charge in [-0.15, -0.1) is 0 Å². The summed E-state index contributed by atoms with van der Waals surface area (Å²) in [6.45, 7) is 2.99. The average Bonchev–Trinajstić information content (AvgIpc) is 3.31. The number of halogens is 1. The number of carbonyl (C=O) groups is 1. The molecule has 1 aromatic carbocycles. The van der Waals surface area contributed by atoms with E-state index in [4.69, 9.17) is 9.15 Å². The Labute approximate surface area is 155 Å². The lowest BCUT2D eigenvalue weighted by atomic mass is 10.00. The van der Waals surface area contributed by atoms with Crippen molar-refractivity contribution >= 4 is 27.5 Å². The first kappa shape index (κ1) is 16.8. The van der Waals surface area contributed by atoms with Crippen LogP contribution in [-0.2, 0) is 16.1 Å². The highest BCUT2D eigenvalue weighted by Crippen LogP contribution is 2.35. The van der Waals surface area contributed by atoms with Gasteiger partial charge < -0.3 is 14.5 Å². The molecule has 2 aromatic rings. The van der Waals surface area contributed by atoms with Crippen molar-refractivity contribution in [1.82, 2.24) is 4.90 Å². The second kappa shape index (κ2) is 7.32. The molecule has 2 atom stereocenters. The molecular formula is C19H21BrN2O3. The number of benzene rings is 1. The molecule has 2 aliphatic rings. The number of carbonyl (C=O) groups excluding carboxylic acids is 1. The second-order valence-corrected chi connectivity index (χ2v) is 7.60. The van der Waals surface area contributed by atoms with Crippen molar-refractivity contribution in [3.63, 3.8) is 0 Å². The first-order chi connectivity index (χ1) is 12.2. The molecule has 1 amide bonds. The summed E-state index contributed by atoms with van der Waals surface area (Å²) in [6.07, 6.45) is 4.12. The number of amides is 1. The highest BCUT2D eigenvalue weighted by atomic mass is 79.9. The molecule has 4 rings (SSSR count). The van der Waals surface area contributed by atoms with E-state index in [0.29, 0.717) is 13.1 Å². The van der Waals surface area contributed by atoms with Gasteiger partial charge in [0.25, 0.3) is 0 Å². The van der Waals surface area contributed by atoms with Gasteiger partial charge in [-0.25, -0.2) is 0 Å². The Kier molecular flexibility index (Phi) is 4.92. The van der Waals surface area contributed by atoms with Crippen LogP contribution in [0.15, 0.2) is 45.5 Å². The van der Waals surface area contributed by atoms with E-state index in [0.717, 1.165) is 47.5 Å². The van der Waals surface area contributed by atoms with Gasteiger partial charge in [-0.1, -0.05) is 22.0 Å². The zero-order chi connectivity index (χ0) is 17.2. The fourth-order valence-corrected chi connectivity index (χ4v) is 4.01. The van der Waals surface area contributed by atoms with Gasteiger partial charge in [0.15, 0.2) is 0 Å².